The zero-order valence-corrected chi connectivity index (χ0v) is 14.2. The molecule has 2 aromatic rings. The molecule has 0 bridgehead atoms. The van der Waals surface area contributed by atoms with Crippen LogP contribution in [0.3, 0.4) is 0 Å². The highest BCUT2D eigenvalue weighted by Crippen LogP contribution is 2.48. The Labute approximate surface area is 147 Å². The van der Waals surface area contributed by atoms with Crippen LogP contribution < -0.4 is 4.74 Å². The summed E-state index contributed by atoms with van der Waals surface area (Å²) in [4.78, 5) is 11.2. The lowest BCUT2D eigenvalue weighted by atomic mass is 9.59. The topological polar surface area (TPSA) is 55.8 Å². The first-order valence-corrected chi connectivity index (χ1v) is 8.36. The zero-order chi connectivity index (χ0) is 17.7. The Morgan fingerprint density at radius 1 is 1.16 bits per heavy atom. The van der Waals surface area contributed by atoms with Crippen LogP contribution in [-0.4, -0.2) is 24.8 Å². The monoisotopic (exact) mass is 338 g/mol. The molecule has 0 aliphatic heterocycles. The third-order valence-corrected chi connectivity index (χ3v) is 4.74. The summed E-state index contributed by atoms with van der Waals surface area (Å²) in [6, 6.07) is 17.5. The highest BCUT2D eigenvalue weighted by Gasteiger charge is 2.44. The van der Waals surface area contributed by atoms with Crippen LogP contribution in [0.4, 0.5) is 0 Å². The van der Waals surface area contributed by atoms with Gasteiger partial charge in [0.25, 0.3) is 0 Å². The number of rotatable bonds is 6. The predicted octanol–water partition coefficient (Wildman–Crippen LogP) is 3.85. The van der Waals surface area contributed by atoms with E-state index < -0.39 is 0 Å². The second-order valence-corrected chi connectivity index (χ2v) is 6.43. The molecule has 130 valence electrons. The van der Waals surface area contributed by atoms with Crippen LogP contribution in [0.25, 0.3) is 0 Å². The molecule has 1 aliphatic carbocycles. The van der Waals surface area contributed by atoms with Crippen molar-refractivity contribution in [3.63, 3.8) is 0 Å². The molecule has 0 atom stereocenters. The summed E-state index contributed by atoms with van der Waals surface area (Å²) in [5.41, 5.74) is 0.785. The van der Waals surface area contributed by atoms with Gasteiger partial charge in [-0.15, -0.1) is 0 Å². The summed E-state index contributed by atoms with van der Waals surface area (Å²) in [6.45, 7) is 0.0738. The van der Waals surface area contributed by atoms with Crippen LogP contribution in [0.2, 0.25) is 0 Å². The van der Waals surface area contributed by atoms with Gasteiger partial charge in [-0.25, -0.2) is 4.79 Å². The minimum Gasteiger partial charge on any atom is -0.466 e. The smallest absolute Gasteiger partial charge is 0.330 e. The van der Waals surface area contributed by atoms with Crippen molar-refractivity contribution in [1.29, 1.82) is 0 Å². The lowest BCUT2D eigenvalue weighted by Gasteiger charge is -2.46. The molecule has 0 aromatic heterocycles. The number of esters is 1. The normalized spacial score (nSPS) is 22.4. The van der Waals surface area contributed by atoms with Crippen molar-refractivity contribution in [3.8, 4) is 11.5 Å². The molecule has 2 aromatic carbocycles. The number of ether oxygens (including phenoxy) is 2. The number of hydrogen-bond donors (Lipinski definition) is 1. The highest BCUT2D eigenvalue weighted by molar-refractivity contribution is 5.81. The number of methoxy groups -OCH3 is 1. The van der Waals surface area contributed by atoms with Crippen LogP contribution >= 0.6 is 0 Å². The van der Waals surface area contributed by atoms with E-state index in [2.05, 4.69) is 4.74 Å². The van der Waals surface area contributed by atoms with Crippen LogP contribution in [0.5, 0.6) is 11.5 Å². The van der Waals surface area contributed by atoms with Crippen molar-refractivity contribution in [2.45, 2.75) is 18.3 Å². The number of para-hydroxylation sites is 1. The molecule has 0 saturated heterocycles. The van der Waals surface area contributed by atoms with Gasteiger partial charge >= 0.3 is 5.97 Å². The number of hydrogen-bond acceptors (Lipinski definition) is 4. The highest BCUT2D eigenvalue weighted by atomic mass is 16.5. The Balaban J connectivity index is 1.71. The van der Waals surface area contributed by atoms with E-state index in [9.17, 15) is 9.90 Å². The van der Waals surface area contributed by atoms with Crippen molar-refractivity contribution in [3.05, 3.63) is 72.3 Å². The molecule has 0 heterocycles. The van der Waals surface area contributed by atoms with Gasteiger partial charge in [0.15, 0.2) is 0 Å². The maximum absolute atomic E-state index is 11.2. The molecule has 4 heteroatoms. The predicted molar refractivity (Wildman–Crippen MR) is 95.6 cm³/mol. The van der Waals surface area contributed by atoms with Crippen LogP contribution in [0.15, 0.2) is 66.7 Å². The van der Waals surface area contributed by atoms with E-state index in [4.69, 9.17) is 4.74 Å². The van der Waals surface area contributed by atoms with Crippen LogP contribution in [-0.2, 0) is 14.9 Å². The average molecular weight is 338 g/mol. The van der Waals surface area contributed by atoms with Gasteiger partial charge in [-0.3, -0.25) is 0 Å². The first-order valence-electron chi connectivity index (χ1n) is 8.36. The lowest BCUT2D eigenvalue weighted by Crippen LogP contribution is -2.43. The van der Waals surface area contributed by atoms with E-state index in [1.54, 1.807) is 0 Å². The fourth-order valence-electron chi connectivity index (χ4n) is 3.33. The molecular weight excluding hydrogens is 316 g/mol. The molecule has 0 unspecified atom stereocenters. The summed E-state index contributed by atoms with van der Waals surface area (Å²) in [6.07, 6.45) is 4.92. The molecule has 25 heavy (non-hydrogen) atoms. The number of benzene rings is 2. The third kappa shape index (κ3) is 3.91. The SMILES string of the molecule is COC(=O)C=CC1CC(CO)(c2cccc(Oc3ccccc3)c2)C1. The second kappa shape index (κ2) is 7.53. The molecule has 1 aliphatic rings. The maximum Gasteiger partial charge on any atom is 0.330 e. The summed E-state index contributed by atoms with van der Waals surface area (Å²) < 4.78 is 10.5. The van der Waals surface area contributed by atoms with Gasteiger partial charge < -0.3 is 14.6 Å². The molecular formula is C21H22O4. The standard InChI is InChI=1S/C21H22O4/c1-24-20(23)11-10-16-13-21(14-16,15-22)17-6-5-9-19(12-17)25-18-7-3-2-4-8-18/h2-12,16,22H,13-15H2,1H3. The molecule has 1 N–H and O–H groups in total. The summed E-state index contributed by atoms with van der Waals surface area (Å²) >= 11 is 0. The van der Waals surface area contributed by atoms with Crippen molar-refractivity contribution in [2.75, 3.05) is 13.7 Å². The molecule has 1 saturated carbocycles. The quantitative estimate of drug-likeness (QED) is 0.642. The minimum atomic E-state index is -0.347. The van der Waals surface area contributed by atoms with E-state index in [1.165, 1.54) is 13.2 Å². The number of carbonyl (C=O) groups is 1. The largest absolute Gasteiger partial charge is 0.466 e. The van der Waals surface area contributed by atoms with Crippen molar-refractivity contribution in [1.82, 2.24) is 0 Å². The van der Waals surface area contributed by atoms with Crippen molar-refractivity contribution >= 4 is 5.97 Å². The summed E-state index contributed by atoms with van der Waals surface area (Å²) in [5.74, 6) is 1.46. The van der Waals surface area contributed by atoms with E-state index in [0.29, 0.717) is 0 Å². The van der Waals surface area contributed by atoms with E-state index >= 15 is 0 Å². The van der Waals surface area contributed by atoms with E-state index in [1.807, 2.05) is 60.7 Å². The lowest BCUT2D eigenvalue weighted by molar-refractivity contribution is -0.134. The molecule has 0 radical (unpaired) electrons. The fourth-order valence-corrected chi connectivity index (χ4v) is 3.33. The molecule has 3 rings (SSSR count). The fraction of sp³-hybridized carbons (Fsp3) is 0.286. The molecule has 0 spiro atoms. The molecule has 0 amide bonds. The Hall–Kier alpha value is -2.59. The van der Waals surface area contributed by atoms with Gasteiger partial charge in [-0.05, 0) is 48.6 Å². The Morgan fingerprint density at radius 3 is 2.56 bits per heavy atom. The number of aliphatic hydroxyl groups excluding tert-OH is 1. The van der Waals surface area contributed by atoms with Gasteiger partial charge in [-0.2, -0.15) is 0 Å². The van der Waals surface area contributed by atoms with Gasteiger partial charge in [0, 0.05) is 11.5 Å². The average Bonchev–Trinajstić information content (AvgIpc) is 2.62. The van der Waals surface area contributed by atoms with Gasteiger partial charge in [0.2, 0.25) is 0 Å². The minimum absolute atomic E-state index is 0.0738. The van der Waals surface area contributed by atoms with Gasteiger partial charge in [0.1, 0.15) is 11.5 Å². The maximum atomic E-state index is 11.2. The van der Waals surface area contributed by atoms with E-state index in [-0.39, 0.29) is 23.9 Å². The molecule has 4 nitrogen and oxygen atoms in total. The third-order valence-electron chi connectivity index (χ3n) is 4.74. The van der Waals surface area contributed by atoms with Crippen molar-refractivity contribution < 1.29 is 19.4 Å². The van der Waals surface area contributed by atoms with Crippen LogP contribution in [0, 0.1) is 5.92 Å². The Bertz CT molecular complexity index is 746. The summed E-state index contributed by atoms with van der Waals surface area (Å²) in [5, 5.41) is 9.96. The second-order valence-electron chi connectivity index (χ2n) is 6.43. The zero-order valence-electron chi connectivity index (χ0n) is 14.2. The Kier molecular flexibility index (Phi) is 5.19. The number of aliphatic hydroxyl groups is 1. The first-order chi connectivity index (χ1) is 12.1. The summed E-state index contributed by atoms with van der Waals surface area (Å²) in [7, 11) is 1.36. The van der Waals surface area contributed by atoms with Crippen LogP contribution in [0.1, 0.15) is 18.4 Å². The van der Waals surface area contributed by atoms with E-state index in [0.717, 1.165) is 29.9 Å². The first kappa shape index (κ1) is 17.2. The molecule has 1 fully saturated rings. The Morgan fingerprint density at radius 2 is 1.88 bits per heavy atom. The van der Waals surface area contributed by atoms with Gasteiger partial charge in [-0.1, -0.05) is 36.4 Å². The number of carbonyl (C=O) groups excluding carboxylic acids is 1. The number of allylic oxidation sites excluding steroid dienone is 1. The van der Waals surface area contributed by atoms with Crippen molar-refractivity contribution in [2.24, 2.45) is 5.92 Å². The van der Waals surface area contributed by atoms with Gasteiger partial charge in [0.05, 0.1) is 13.7 Å².